The molecule has 2 heterocycles. The number of rotatable bonds is 8. The number of carbonyl (C=O) groups excluding carboxylic acids is 1. The van der Waals surface area contributed by atoms with Crippen LogP contribution < -0.4 is 20.3 Å². The Morgan fingerprint density at radius 3 is 2.70 bits per heavy atom. The highest BCUT2D eigenvalue weighted by Gasteiger charge is 2.18. The van der Waals surface area contributed by atoms with Gasteiger partial charge in [0.05, 0.1) is 24.2 Å². The molecule has 0 saturated carbocycles. The van der Waals surface area contributed by atoms with Crippen molar-refractivity contribution in [2.24, 2.45) is 5.10 Å². The third-order valence-corrected chi connectivity index (χ3v) is 7.51. The van der Waals surface area contributed by atoms with E-state index in [1.807, 2.05) is 49.4 Å². The second kappa shape index (κ2) is 12.4. The van der Waals surface area contributed by atoms with Gasteiger partial charge < -0.3 is 19.2 Å². The fourth-order valence-electron chi connectivity index (χ4n) is 4.66. The van der Waals surface area contributed by atoms with Crippen molar-refractivity contribution < 1.29 is 18.7 Å². The van der Waals surface area contributed by atoms with Crippen molar-refractivity contribution in [3.63, 3.8) is 0 Å². The van der Waals surface area contributed by atoms with Gasteiger partial charge in [-0.1, -0.05) is 57.9 Å². The SMILES string of the molecule is COc1cc(Cl)cc(C=Nn2c(-c3cc4cc(Br)ccc4o3)nc3ccccc3c2=O)c1OCC(=O)Nc1ccccc1C. The number of carbonyl (C=O) groups is 1. The predicted octanol–water partition coefficient (Wildman–Crippen LogP) is 7.44. The monoisotopic (exact) mass is 670 g/mol. The first-order valence-corrected chi connectivity index (χ1v) is 14.6. The Balaban J connectivity index is 1.40. The Kier molecular flexibility index (Phi) is 8.19. The van der Waals surface area contributed by atoms with Gasteiger partial charge in [0.15, 0.2) is 23.9 Å². The quantitative estimate of drug-likeness (QED) is 0.169. The smallest absolute Gasteiger partial charge is 0.282 e. The average molecular weight is 672 g/mol. The van der Waals surface area contributed by atoms with Crippen LogP contribution in [0.15, 0.2) is 104 Å². The van der Waals surface area contributed by atoms with Crippen molar-refractivity contribution >= 4 is 67.2 Å². The molecule has 0 radical (unpaired) electrons. The number of hydrogen-bond donors (Lipinski definition) is 1. The lowest BCUT2D eigenvalue weighted by molar-refractivity contribution is -0.118. The molecular formula is C33H24BrClN4O5. The number of para-hydroxylation sites is 2. The summed E-state index contributed by atoms with van der Waals surface area (Å²) >= 11 is 9.87. The second-order valence-corrected chi connectivity index (χ2v) is 11.1. The van der Waals surface area contributed by atoms with Crippen LogP contribution in [-0.4, -0.2) is 35.5 Å². The normalized spacial score (nSPS) is 11.4. The van der Waals surface area contributed by atoms with Gasteiger partial charge in [-0.25, -0.2) is 4.98 Å². The second-order valence-electron chi connectivity index (χ2n) is 9.79. The molecule has 9 nitrogen and oxygen atoms in total. The van der Waals surface area contributed by atoms with Gasteiger partial charge in [-0.2, -0.15) is 9.78 Å². The van der Waals surface area contributed by atoms with E-state index in [1.54, 1.807) is 42.5 Å². The summed E-state index contributed by atoms with van der Waals surface area (Å²) in [6.07, 6.45) is 1.41. The number of nitrogens with zero attached hydrogens (tertiary/aromatic N) is 3. The van der Waals surface area contributed by atoms with Crippen molar-refractivity contribution in [1.29, 1.82) is 0 Å². The number of aromatic nitrogens is 2. The van der Waals surface area contributed by atoms with Crippen LogP contribution >= 0.6 is 27.5 Å². The zero-order valence-corrected chi connectivity index (χ0v) is 25.8. The Labute approximate surface area is 264 Å². The van der Waals surface area contributed by atoms with Gasteiger partial charge in [0.1, 0.15) is 5.58 Å². The minimum atomic E-state index is -0.405. The van der Waals surface area contributed by atoms with Crippen LogP contribution in [0.2, 0.25) is 5.02 Å². The van der Waals surface area contributed by atoms with Gasteiger partial charge in [0.25, 0.3) is 11.5 Å². The van der Waals surface area contributed by atoms with Gasteiger partial charge in [-0.3, -0.25) is 9.59 Å². The third kappa shape index (κ3) is 5.95. The van der Waals surface area contributed by atoms with Crippen LogP contribution in [-0.2, 0) is 4.79 Å². The minimum absolute atomic E-state index is 0.200. The van der Waals surface area contributed by atoms with Crippen LogP contribution in [0.1, 0.15) is 11.1 Å². The third-order valence-electron chi connectivity index (χ3n) is 6.80. The summed E-state index contributed by atoms with van der Waals surface area (Å²) in [5.41, 5.74) is 2.68. The number of ether oxygens (including phenoxy) is 2. The number of amides is 1. The molecule has 0 bridgehead atoms. The van der Waals surface area contributed by atoms with Crippen molar-refractivity contribution in [3.8, 4) is 23.1 Å². The summed E-state index contributed by atoms with van der Waals surface area (Å²) < 4.78 is 19.6. The molecular weight excluding hydrogens is 648 g/mol. The molecule has 1 amide bonds. The number of nitrogens with one attached hydrogen (secondary N) is 1. The van der Waals surface area contributed by atoms with E-state index >= 15 is 0 Å². The van der Waals surface area contributed by atoms with Crippen molar-refractivity contribution in [2.75, 3.05) is 19.0 Å². The molecule has 0 fully saturated rings. The lowest BCUT2D eigenvalue weighted by Crippen LogP contribution is -2.21. The van der Waals surface area contributed by atoms with Crippen LogP contribution in [0.4, 0.5) is 5.69 Å². The topological polar surface area (TPSA) is 108 Å². The van der Waals surface area contributed by atoms with E-state index in [4.69, 9.17) is 30.5 Å². The standard InChI is InChI=1S/C33H24BrClN4O5/c1-19-7-3-5-9-25(19)37-30(40)18-43-31-21(14-23(35)16-28(31)42-2)17-36-39-32(38-26-10-6-4-8-24(26)33(39)41)29-15-20-13-22(34)11-12-27(20)44-29/h3-17H,18H2,1-2H3,(H,37,40). The number of aryl methyl sites for hydroxylation is 1. The molecule has 11 heteroatoms. The molecule has 2 aromatic heterocycles. The number of methoxy groups -OCH3 is 1. The van der Waals surface area contributed by atoms with Gasteiger partial charge in [0.2, 0.25) is 5.82 Å². The molecule has 220 valence electrons. The number of halogens is 2. The Morgan fingerprint density at radius 1 is 1.09 bits per heavy atom. The first-order valence-electron chi connectivity index (χ1n) is 13.4. The summed E-state index contributed by atoms with van der Waals surface area (Å²) in [5.74, 6) is 0.692. The van der Waals surface area contributed by atoms with E-state index in [2.05, 4.69) is 26.3 Å². The summed E-state index contributed by atoms with van der Waals surface area (Å²) in [5, 5.41) is 8.91. The lowest BCUT2D eigenvalue weighted by Gasteiger charge is -2.14. The molecule has 44 heavy (non-hydrogen) atoms. The molecule has 6 rings (SSSR count). The summed E-state index contributed by atoms with van der Waals surface area (Å²) in [4.78, 5) is 31.2. The Hall–Kier alpha value is -4.93. The van der Waals surface area contributed by atoms with Crippen LogP contribution in [0.5, 0.6) is 11.5 Å². The number of furan rings is 1. The average Bonchev–Trinajstić information content (AvgIpc) is 3.44. The maximum atomic E-state index is 13.7. The van der Waals surface area contributed by atoms with Crippen molar-refractivity contribution in [3.05, 3.63) is 116 Å². The lowest BCUT2D eigenvalue weighted by atomic mass is 10.2. The highest BCUT2D eigenvalue weighted by atomic mass is 79.9. The highest BCUT2D eigenvalue weighted by Crippen LogP contribution is 2.34. The maximum Gasteiger partial charge on any atom is 0.282 e. The zero-order valence-electron chi connectivity index (χ0n) is 23.5. The van der Waals surface area contributed by atoms with Crippen LogP contribution in [0.25, 0.3) is 33.5 Å². The molecule has 6 aromatic rings. The summed E-state index contributed by atoms with van der Waals surface area (Å²) in [7, 11) is 1.46. The van der Waals surface area contributed by atoms with E-state index in [1.165, 1.54) is 13.3 Å². The van der Waals surface area contributed by atoms with E-state index in [9.17, 15) is 9.59 Å². The molecule has 0 unspecified atom stereocenters. The fourth-order valence-corrected chi connectivity index (χ4v) is 5.26. The predicted molar refractivity (Wildman–Crippen MR) is 175 cm³/mol. The molecule has 0 aliphatic rings. The molecule has 1 N–H and O–H groups in total. The van der Waals surface area contributed by atoms with Gasteiger partial charge >= 0.3 is 0 Å². The van der Waals surface area contributed by atoms with Crippen LogP contribution in [0, 0.1) is 6.92 Å². The largest absolute Gasteiger partial charge is 0.493 e. The number of fused-ring (bicyclic) bond motifs is 2. The van der Waals surface area contributed by atoms with Gasteiger partial charge in [-0.15, -0.1) is 0 Å². The highest BCUT2D eigenvalue weighted by molar-refractivity contribution is 9.10. The molecule has 0 aliphatic carbocycles. The van der Waals surface area contributed by atoms with E-state index < -0.39 is 5.56 Å². The summed E-state index contributed by atoms with van der Waals surface area (Å²) in [6.45, 7) is 1.58. The number of anilines is 1. The number of benzene rings is 4. The van der Waals surface area contributed by atoms with E-state index in [0.29, 0.717) is 38.5 Å². The first kappa shape index (κ1) is 29.2. The molecule has 0 spiro atoms. The van der Waals surface area contributed by atoms with Crippen LogP contribution in [0.3, 0.4) is 0 Å². The fraction of sp³-hybridized carbons (Fsp3) is 0.0909. The summed E-state index contributed by atoms with van der Waals surface area (Å²) in [6, 6.07) is 25.0. The van der Waals surface area contributed by atoms with Crippen molar-refractivity contribution in [2.45, 2.75) is 6.92 Å². The van der Waals surface area contributed by atoms with Gasteiger partial charge in [0, 0.05) is 32.2 Å². The molecule has 0 saturated heterocycles. The molecule has 0 atom stereocenters. The molecule has 0 aliphatic heterocycles. The van der Waals surface area contributed by atoms with Crippen molar-refractivity contribution in [1.82, 2.24) is 9.66 Å². The Bertz CT molecular complexity index is 2140. The van der Waals surface area contributed by atoms with Gasteiger partial charge in [-0.05, 0) is 61.0 Å². The molecule has 4 aromatic carbocycles. The minimum Gasteiger partial charge on any atom is -0.493 e. The maximum absolute atomic E-state index is 13.7. The zero-order chi connectivity index (χ0) is 30.8. The Morgan fingerprint density at radius 2 is 1.89 bits per heavy atom. The van der Waals surface area contributed by atoms with E-state index in [-0.39, 0.29) is 29.8 Å². The number of hydrogen-bond acceptors (Lipinski definition) is 7. The van der Waals surface area contributed by atoms with E-state index in [0.717, 1.165) is 20.1 Å². The first-order chi connectivity index (χ1) is 21.3.